The number of allylic oxidation sites excluding steroid dienone is 1. The molecule has 1 aliphatic rings. The van der Waals surface area contributed by atoms with Gasteiger partial charge in [0, 0.05) is 6.54 Å². The van der Waals surface area contributed by atoms with Gasteiger partial charge in [-0.3, -0.25) is 5.43 Å². The van der Waals surface area contributed by atoms with E-state index in [1.807, 2.05) is 6.92 Å². The minimum atomic E-state index is -3.74. The van der Waals surface area contributed by atoms with E-state index in [1.54, 1.807) is 12.1 Å². The van der Waals surface area contributed by atoms with Gasteiger partial charge in [0.2, 0.25) is 0 Å². The molecule has 1 heterocycles. The van der Waals surface area contributed by atoms with Crippen molar-refractivity contribution in [2.24, 2.45) is 0 Å². The van der Waals surface area contributed by atoms with Crippen molar-refractivity contribution in [3.63, 3.8) is 0 Å². The molecule has 150 valence electrons. The SMILES string of the molecule is Cc1ccc(S(=O)(=O)NNc2ncnc(NCCC3=CCCCC3)c2N)cc1. The normalized spacial score (nSPS) is 14.4. The van der Waals surface area contributed by atoms with Crippen LogP contribution in [0.25, 0.3) is 0 Å². The summed E-state index contributed by atoms with van der Waals surface area (Å²) in [4.78, 5) is 10.6. The van der Waals surface area contributed by atoms with E-state index in [0.29, 0.717) is 12.4 Å². The van der Waals surface area contributed by atoms with Gasteiger partial charge >= 0.3 is 0 Å². The second-order valence-electron chi connectivity index (χ2n) is 6.81. The van der Waals surface area contributed by atoms with Crippen molar-refractivity contribution in [3.05, 3.63) is 47.8 Å². The fourth-order valence-electron chi connectivity index (χ4n) is 3.00. The maximum Gasteiger partial charge on any atom is 0.257 e. The summed E-state index contributed by atoms with van der Waals surface area (Å²) < 4.78 is 24.8. The fraction of sp³-hybridized carbons (Fsp3) is 0.368. The molecule has 0 fully saturated rings. The van der Waals surface area contributed by atoms with Gasteiger partial charge in [-0.2, -0.15) is 0 Å². The Labute approximate surface area is 165 Å². The highest BCUT2D eigenvalue weighted by molar-refractivity contribution is 7.89. The van der Waals surface area contributed by atoms with Crippen LogP contribution in [-0.2, 0) is 10.0 Å². The summed E-state index contributed by atoms with van der Waals surface area (Å²) in [6.45, 7) is 2.60. The number of hydrazine groups is 1. The molecule has 0 spiro atoms. The zero-order valence-electron chi connectivity index (χ0n) is 15.9. The van der Waals surface area contributed by atoms with Crippen molar-refractivity contribution in [2.45, 2.75) is 43.9 Å². The number of sulfonamides is 1. The fourth-order valence-corrected chi connectivity index (χ4v) is 3.84. The van der Waals surface area contributed by atoms with Gasteiger partial charge in [-0.05, 0) is 51.2 Å². The highest BCUT2D eigenvalue weighted by Gasteiger charge is 2.15. The first-order chi connectivity index (χ1) is 13.5. The van der Waals surface area contributed by atoms with E-state index in [-0.39, 0.29) is 16.4 Å². The van der Waals surface area contributed by atoms with Crippen LogP contribution in [0.2, 0.25) is 0 Å². The monoisotopic (exact) mass is 402 g/mol. The molecule has 2 aromatic rings. The second-order valence-corrected chi connectivity index (χ2v) is 8.50. The van der Waals surface area contributed by atoms with Crippen molar-refractivity contribution >= 4 is 27.3 Å². The first-order valence-electron chi connectivity index (χ1n) is 9.32. The Morgan fingerprint density at radius 1 is 1.11 bits per heavy atom. The van der Waals surface area contributed by atoms with Crippen LogP contribution in [0.4, 0.5) is 17.3 Å². The lowest BCUT2D eigenvalue weighted by Gasteiger charge is -2.15. The van der Waals surface area contributed by atoms with E-state index in [1.165, 1.54) is 36.9 Å². The lowest BCUT2D eigenvalue weighted by molar-refractivity contribution is 0.587. The second kappa shape index (κ2) is 9.03. The number of nitrogens with zero attached hydrogens (tertiary/aromatic N) is 2. The van der Waals surface area contributed by atoms with E-state index >= 15 is 0 Å². The molecular weight excluding hydrogens is 376 g/mol. The number of hydrogen-bond acceptors (Lipinski definition) is 7. The van der Waals surface area contributed by atoms with Gasteiger partial charge in [0.15, 0.2) is 11.6 Å². The summed E-state index contributed by atoms with van der Waals surface area (Å²) in [6, 6.07) is 6.54. The molecule has 1 aromatic carbocycles. The highest BCUT2D eigenvalue weighted by Crippen LogP contribution is 2.24. The third-order valence-electron chi connectivity index (χ3n) is 4.64. The molecule has 0 aliphatic heterocycles. The van der Waals surface area contributed by atoms with Gasteiger partial charge < -0.3 is 11.1 Å². The van der Waals surface area contributed by atoms with Gasteiger partial charge in [0.05, 0.1) is 4.90 Å². The van der Waals surface area contributed by atoms with E-state index in [2.05, 4.69) is 31.6 Å². The zero-order valence-corrected chi connectivity index (χ0v) is 16.7. The summed E-state index contributed by atoms with van der Waals surface area (Å²) in [5.74, 6) is 0.675. The van der Waals surface area contributed by atoms with Gasteiger partial charge in [-0.25, -0.2) is 18.4 Å². The van der Waals surface area contributed by atoms with Crippen LogP contribution >= 0.6 is 0 Å². The van der Waals surface area contributed by atoms with Gasteiger partial charge in [-0.15, -0.1) is 4.83 Å². The molecule has 0 amide bonds. The average Bonchev–Trinajstić information content (AvgIpc) is 2.69. The Morgan fingerprint density at radius 3 is 2.57 bits per heavy atom. The summed E-state index contributed by atoms with van der Waals surface area (Å²) in [5.41, 5.74) is 11.4. The molecular formula is C19H26N6O2S. The van der Waals surface area contributed by atoms with Gasteiger partial charge in [0.1, 0.15) is 12.0 Å². The van der Waals surface area contributed by atoms with E-state index in [9.17, 15) is 8.42 Å². The van der Waals surface area contributed by atoms with Crippen molar-refractivity contribution in [2.75, 3.05) is 23.0 Å². The Balaban J connectivity index is 1.60. The maximum absolute atomic E-state index is 12.4. The van der Waals surface area contributed by atoms with Crippen molar-refractivity contribution in [1.29, 1.82) is 0 Å². The van der Waals surface area contributed by atoms with Crippen LogP contribution in [0.5, 0.6) is 0 Å². The molecule has 5 N–H and O–H groups in total. The number of aromatic nitrogens is 2. The molecule has 1 aliphatic carbocycles. The molecule has 0 bridgehead atoms. The summed E-state index contributed by atoms with van der Waals surface area (Å²) >= 11 is 0. The third-order valence-corrected chi connectivity index (χ3v) is 5.91. The average molecular weight is 403 g/mol. The molecule has 0 unspecified atom stereocenters. The molecule has 1 aromatic heterocycles. The van der Waals surface area contributed by atoms with Crippen LogP contribution in [0.3, 0.4) is 0 Å². The molecule has 0 saturated heterocycles. The molecule has 28 heavy (non-hydrogen) atoms. The molecule has 8 nitrogen and oxygen atoms in total. The van der Waals surface area contributed by atoms with Crippen LogP contribution in [0.1, 0.15) is 37.7 Å². The quantitative estimate of drug-likeness (QED) is 0.395. The number of nitrogen functional groups attached to an aromatic ring is 1. The molecule has 0 saturated carbocycles. The van der Waals surface area contributed by atoms with E-state index in [0.717, 1.165) is 24.8 Å². The van der Waals surface area contributed by atoms with Crippen molar-refractivity contribution < 1.29 is 8.42 Å². The maximum atomic E-state index is 12.4. The number of benzene rings is 1. The number of hydrogen-bond donors (Lipinski definition) is 4. The summed E-state index contributed by atoms with van der Waals surface area (Å²) in [7, 11) is -3.74. The summed E-state index contributed by atoms with van der Waals surface area (Å²) in [5, 5.41) is 3.20. The number of aryl methyl sites for hydroxylation is 1. The third kappa shape index (κ3) is 5.20. The van der Waals surface area contributed by atoms with Crippen molar-refractivity contribution in [1.82, 2.24) is 14.8 Å². The number of anilines is 3. The van der Waals surface area contributed by atoms with Crippen LogP contribution in [0, 0.1) is 6.92 Å². The smallest absolute Gasteiger partial charge is 0.257 e. The Bertz CT molecular complexity index is 941. The molecule has 9 heteroatoms. The topological polar surface area (TPSA) is 122 Å². The predicted molar refractivity (Wildman–Crippen MR) is 111 cm³/mol. The number of nitrogens with two attached hydrogens (primary N) is 1. The lowest BCUT2D eigenvalue weighted by Crippen LogP contribution is -2.30. The molecule has 0 radical (unpaired) electrons. The van der Waals surface area contributed by atoms with Gasteiger partial charge in [0.25, 0.3) is 10.0 Å². The van der Waals surface area contributed by atoms with Gasteiger partial charge in [-0.1, -0.05) is 29.3 Å². The standard InChI is InChI=1S/C19H26N6O2S/c1-14-7-9-16(10-8-14)28(26,27)25-24-19-17(20)18(22-13-23-19)21-12-11-15-5-3-2-4-6-15/h5,7-10,13,25H,2-4,6,11-12,20H2,1H3,(H2,21,22,23,24). The lowest BCUT2D eigenvalue weighted by atomic mass is 9.97. The molecule has 0 atom stereocenters. The summed E-state index contributed by atoms with van der Waals surface area (Å²) in [6.07, 6.45) is 9.39. The van der Waals surface area contributed by atoms with Crippen LogP contribution in [0.15, 0.2) is 47.1 Å². The molecule has 3 rings (SSSR count). The minimum Gasteiger partial charge on any atom is -0.393 e. The predicted octanol–water partition coefficient (Wildman–Crippen LogP) is 2.98. The number of nitrogens with one attached hydrogen (secondary N) is 3. The minimum absolute atomic E-state index is 0.150. The Hall–Kier alpha value is -2.65. The number of rotatable bonds is 8. The Kier molecular flexibility index (Phi) is 6.48. The Morgan fingerprint density at radius 2 is 1.86 bits per heavy atom. The first kappa shape index (κ1) is 20.1. The van der Waals surface area contributed by atoms with Crippen molar-refractivity contribution in [3.8, 4) is 0 Å². The highest BCUT2D eigenvalue weighted by atomic mass is 32.2. The first-order valence-corrected chi connectivity index (χ1v) is 10.8. The van der Waals surface area contributed by atoms with Crippen LogP contribution < -0.4 is 21.3 Å². The van der Waals surface area contributed by atoms with Crippen LogP contribution in [-0.4, -0.2) is 24.9 Å². The van der Waals surface area contributed by atoms with E-state index < -0.39 is 10.0 Å². The zero-order chi connectivity index (χ0) is 20.0. The largest absolute Gasteiger partial charge is 0.393 e. The van der Waals surface area contributed by atoms with E-state index in [4.69, 9.17) is 5.73 Å².